The third-order valence-corrected chi connectivity index (χ3v) is 3.14. The van der Waals surface area contributed by atoms with Gasteiger partial charge in [-0.15, -0.1) is 0 Å². The molecule has 0 aliphatic carbocycles. The lowest BCUT2D eigenvalue weighted by molar-refractivity contribution is 0.595. The summed E-state index contributed by atoms with van der Waals surface area (Å²) in [6.45, 7) is 8.19. The van der Waals surface area contributed by atoms with Gasteiger partial charge >= 0.3 is 0 Å². The van der Waals surface area contributed by atoms with Gasteiger partial charge in [0.2, 0.25) is 13.5 Å². The molecule has 88 valence electrons. The molecule has 17 heavy (non-hydrogen) atoms. The van der Waals surface area contributed by atoms with E-state index < -0.39 is 0 Å². The first-order chi connectivity index (χ1) is 7.82. The van der Waals surface area contributed by atoms with Crippen LogP contribution in [0.25, 0.3) is 10.9 Å². The number of benzene rings is 1. The zero-order valence-corrected chi connectivity index (χ0v) is 11.0. The van der Waals surface area contributed by atoms with Gasteiger partial charge in [0.1, 0.15) is 0 Å². The Balaban J connectivity index is 3.00. The van der Waals surface area contributed by atoms with Crippen molar-refractivity contribution in [2.45, 2.75) is 33.1 Å². The molecule has 0 aliphatic rings. The Bertz CT molecular complexity index is 638. The molecule has 3 nitrogen and oxygen atoms in total. The van der Waals surface area contributed by atoms with Crippen LogP contribution in [-0.2, 0) is 5.41 Å². The van der Waals surface area contributed by atoms with Gasteiger partial charge in [-0.3, -0.25) is 4.79 Å². The average molecular weight is 228 g/mol. The number of hydrogen-bond donors (Lipinski definition) is 0. The molecule has 0 fully saturated rings. The predicted molar refractivity (Wildman–Crippen MR) is 73.4 cm³/mol. The van der Waals surface area contributed by atoms with E-state index in [1.807, 2.05) is 25.1 Å². The summed E-state index contributed by atoms with van der Waals surface area (Å²) in [6.07, 6.45) is 0. The van der Waals surface area contributed by atoms with Crippen LogP contribution >= 0.6 is 0 Å². The maximum absolute atomic E-state index is 12.3. The molecule has 0 spiro atoms. The Hall–Kier alpha value is -1.58. The highest BCUT2D eigenvalue weighted by Crippen LogP contribution is 2.27. The summed E-state index contributed by atoms with van der Waals surface area (Å²) in [7, 11) is 1.77. The highest BCUT2D eigenvalue weighted by molar-refractivity contribution is 6.07. The number of rotatable bonds is 0. The molecule has 0 saturated heterocycles. The third kappa shape index (κ3) is 1.88. The van der Waals surface area contributed by atoms with E-state index in [1.54, 1.807) is 12.5 Å². The standard InChI is InChI=1S/C13H17BN2O/c1-8-15-10-7-5-6-9(13(2,3)4)11(10)12(17)16(8)14/h5-7H,14H2,1-4H3. The van der Waals surface area contributed by atoms with Gasteiger partial charge in [-0.25, -0.2) is 4.98 Å². The first-order valence-electron chi connectivity index (χ1n) is 5.79. The van der Waals surface area contributed by atoms with E-state index in [-0.39, 0.29) is 11.0 Å². The minimum absolute atomic E-state index is 0.0398. The second-order valence-corrected chi connectivity index (χ2v) is 5.47. The molecule has 0 radical (unpaired) electrons. The van der Waals surface area contributed by atoms with Crippen LogP contribution in [0.1, 0.15) is 32.2 Å². The van der Waals surface area contributed by atoms with Gasteiger partial charge in [0, 0.05) is 0 Å². The van der Waals surface area contributed by atoms with E-state index in [9.17, 15) is 4.79 Å². The fourth-order valence-corrected chi connectivity index (χ4v) is 2.05. The van der Waals surface area contributed by atoms with Crippen molar-refractivity contribution in [3.8, 4) is 0 Å². The zero-order chi connectivity index (χ0) is 12.8. The lowest BCUT2D eigenvalue weighted by Crippen LogP contribution is -2.25. The first kappa shape index (κ1) is 11.9. The van der Waals surface area contributed by atoms with Gasteiger partial charge in [-0.2, -0.15) is 0 Å². The molecule has 0 saturated carbocycles. The molecule has 1 aromatic carbocycles. The quantitative estimate of drug-likeness (QED) is 0.639. The normalized spacial score (nSPS) is 12.0. The smallest absolute Gasteiger partial charge is 0.249 e. The molecule has 2 aromatic rings. The largest absolute Gasteiger partial charge is 0.350 e. The van der Waals surface area contributed by atoms with E-state index in [4.69, 9.17) is 0 Å². The number of aromatic nitrogens is 2. The van der Waals surface area contributed by atoms with Gasteiger partial charge in [-0.1, -0.05) is 32.9 Å². The van der Waals surface area contributed by atoms with E-state index in [0.29, 0.717) is 0 Å². The predicted octanol–water partition coefficient (Wildman–Crippen LogP) is 1.40. The van der Waals surface area contributed by atoms with Crippen LogP contribution in [0.3, 0.4) is 0 Å². The fourth-order valence-electron chi connectivity index (χ4n) is 2.05. The molecular formula is C13H17BN2O. The average Bonchev–Trinajstić information content (AvgIpc) is 2.24. The van der Waals surface area contributed by atoms with Crippen LogP contribution in [0.2, 0.25) is 0 Å². The van der Waals surface area contributed by atoms with Gasteiger partial charge < -0.3 is 4.48 Å². The minimum Gasteiger partial charge on any atom is -0.350 e. The van der Waals surface area contributed by atoms with Gasteiger partial charge in [0.25, 0.3) is 0 Å². The zero-order valence-electron chi connectivity index (χ0n) is 11.0. The van der Waals surface area contributed by atoms with Crippen molar-refractivity contribution < 1.29 is 0 Å². The maximum atomic E-state index is 12.3. The van der Waals surface area contributed by atoms with Crippen LogP contribution in [0, 0.1) is 6.92 Å². The van der Waals surface area contributed by atoms with Crippen molar-refractivity contribution in [2.24, 2.45) is 0 Å². The number of nitrogens with zero attached hydrogens (tertiary/aromatic N) is 2. The summed E-state index contributed by atoms with van der Waals surface area (Å²) in [5.74, 6) is 0.744. The van der Waals surface area contributed by atoms with Crippen molar-refractivity contribution >= 4 is 18.9 Å². The number of aryl methyl sites for hydroxylation is 1. The van der Waals surface area contributed by atoms with Gasteiger partial charge in [-0.05, 0) is 24.0 Å². The van der Waals surface area contributed by atoms with Crippen LogP contribution in [-0.4, -0.2) is 17.4 Å². The molecular weight excluding hydrogens is 211 g/mol. The summed E-state index contributed by atoms with van der Waals surface area (Å²) < 4.78 is 1.61. The van der Waals surface area contributed by atoms with Crippen LogP contribution in [0.4, 0.5) is 0 Å². The van der Waals surface area contributed by atoms with Crippen LogP contribution in [0.15, 0.2) is 23.0 Å². The lowest BCUT2D eigenvalue weighted by Gasteiger charge is -2.21. The SMILES string of the molecule is Bn1c(C)nc2cccc(C(C)(C)C)c2c1=O. The monoisotopic (exact) mass is 228 g/mol. The molecule has 1 heterocycles. The van der Waals surface area contributed by atoms with Crippen LogP contribution in [0.5, 0.6) is 0 Å². The Labute approximate surface area is 102 Å². The fraction of sp³-hybridized carbons (Fsp3) is 0.385. The topological polar surface area (TPSA) is 34.9 Å². The Morgan fingerprint density at radius 3 is 2.53 bits per heavy atom. The summed E-state index contributed by atoms with van der Waals surface area (Å²) >= 11 is 0. The molecule has 1 aromatic heterocycles. The second-order valence-electron chi connectivity index (χ2n) is 5.47. The number of hydrogen-bond acceptors (Lipinski definition) is 2. The number of fused-ring (bicyclic) bond motifs is 1. The van der Waals surface area contributed by atoms with Gasteiger partial charge in [0.15, 0.2) is 0 Å². The molecule has 0 aliphatic heterocycles. The van der Waals surface area contributed by atoms with E-state index >= 15 is 0 Å². The van der Waals surface area contributed by atoms with Crippen molar-refractivity contribution in [2.75, 3.05) is 0 Å². The van der Waals surface area contributed by atoms with Crippen molar-refractivity contribution in [3.05, 3.63) is 39.9 Å². The molecule has 0 N–H and O–H groups in total. The molecule has 0 amide bonds. The summed E-state index contributed by atoms with van der Waals surface area (Å²) in [5.41, 5.74) is 1.84. The van der Waals surface area contributed by atoms with Gasteiger partial charge in [0.05, 0.1) is 16.7 Å². The minimum atomic E-state index is -0.0530. The Morgan fingerprint density at radius 1 is 1.29 bits per heavy atom. The summed E-state index contributed by atoms with van der Waals surface area (Å²) in [6, 6.07) is 5.88. The van der Waals surface area contributed by atoms with Crippen molar-refractivity contribution in [1.29, 1.82) is 0 Å². The Morgan fingerprint density at radius 2 is 1.94 bits per heavy atom. The van der Waals surface area contributed by atoms with Crippen molar-refractivity contribution in [3.63, 3.8) is 0 Å². The molecule has 4 heteroatoms. The van der Waals surface area contributed by atoms with Crippen molar-refractivity contribution in [1.82, 2.24) is 9.46 Å². The van der Waals surface area contributed by atoms with Crippen LogP contribution < -0.4 is 5.56 Å². The summed E-state index contributed by atoms with van der Waals surface area (Å²) in [5, 5.41) is 0.744. The highest BCUT2D eigenvalue weighted by atomic mass is 16.1. The van der Waals surface area contributed by atoms with E-state index in [2.05, 4.69) is 25.8 Å². The molecule has 0 unspecified atom stereocenters. The molecule has 2 rings (SSSR count). The first-order valence-corrected chi connectivity index (χ1v) is 5.79. The maximum Gasteiger partial charge on any atom is 0.249 e. The molecule has 0 atom stereocenters. The third-order valence-electron chi connectivity index (χ3n) is 3.14. The Kier molecular flexibility index (Phi) is 2.61. The lowest BCUT2D eigenvalue weighted by atomic mass is 9.85. The summed E-state index contributed by atoms with van der Waals surface area (Å²) in [4.78, 5) is 16.8. The second kappa shape index (κ2) is 3.72. The van der Waals surface area contributed by atoms with E-state index in [1.165, 1.54) is 0 Å². The highest BCUT2D eigenvalue weighted by Gasteiger charge is 2.19. The van der Waals surface area contributed by atoms with E-state index in [0.717, 1.165) is 22.3 Å². The molecule has 0 bridgehead atoms.